The molecule has 0 aliphatic heterocycles. The molecule has 110 valence electrons. The first-order chi connectivity index (χ1) is 9.92. The Morgan fingerprint density at radius 1 is 1.38 bits per heavy atom. The van der Waals surface area contributed by atoms with Gasteiger partial charge in [-0.2, -0.15) is 5.10 Å². The van der Waals surface area contributed by atoms with Crippen LogP contribution in [0.15, 0.2) is 38.5 Å². The van der Waals surface area contributed by atoms with E-state index in [1.165, 1.54) is 10.9 Å². The average Bonchev–Trinajstić information content (AvgIpc) is 2.78. The van der Waals surface area contributed by atoms with Crippen molar-refractivity contribution < 1.29 is 10.0 Å². The van der Waals surface area contributed by atoms with Gasteiger partial charge < -0.3 is 16.3 Å². The highest BCUT2D eigenvalue weighted by molar-refractivity contribution is 9.11. The molecule has 21 heavy (non-hydrogen) atoms. The maximum Gasteiger partial charge on any atom is 0.256 e. The molecule has 1 aromatic heterocycles. The van der Waals surface area contributed by atoms with Crippen molar-refractivity contribution in [2.45, 2.75) is 0 Å². The van der Waals surface area contributed by atoms with E-state index in [1.807, 2.05) is 6.07 Å². The molecular weight excluding hydrogens is 406 g/mol. The molecule has 1 aromatic carbocycles. The maximum atomic E-state index is 12.3. The Labute approximate surface area is 137 Å². The topological polar surface area (TPSA) is 106 Å². The first-order valence-electron chi connectivity index (χ1n) is 5.69. The molecule has 0 saturated heterocycles. The Morgan fingerprint density at radius 3 is 2.57 bits per heavy atom. The lowest BCUT2D eigenvalue weighted by molar-refractivity contribution is 0.102. The zero-order chi connectivity index (χ0) is 15.6. The van der Waals surface area contributed by atoms with E-state index in [1.54, 1.807) is 19.2 Å². The number of nitrogens with one attached hydrogen (secondary N) is 1. The zero-order valence-electron chi connectivity index (χ0n) is 10.8. The first-order valence-corrected chi connectivity index (χ1v) is 7.28. The summed E-state index contributed by atoms with van der Waals surface area (Å²) in [7, 11) is 1.64. The molecule has 2 aromatic rings. The van der Waals surface area contributed by atoms with Gasteiger partial charge in [0.15, 0.2) is 5.84 Å². The number of carbonyl (C=O) groups is 1. The molecule has 2 rings (SSSR count). The van der Waals surface area contributed by atoms with E-state index in [4.69, 9.17) is 10.9 Å². The number of amidine groups is 1. The Balaban J connectivity index is 2.34. The number of nitrogens with zero attached hydrogens (tertiary/aromatic N) is 3. The van der Waals surface area contributed by atoms with Gasteiger partial charge in [-0.05, 0) is 18.2 Å². The molecule has 0 aliphatic carbocycles. The highest BCUT2D eigenvalue weighted by atomic mass is 79.9. The predicted molar refractivity (Wildman–Crippen MR) is 85.5 cm³/mol. The molecule has 0 unspecified atom stereocenters. The quantitative estimate of drug-likeness (QED) is 0.309. The van der Waals surface area contributed by atoms with Crippen molar-refractivity contribution in [3.8, 4) is 0 Å². The molecule has 1 amide bonds. The summed E-state index contributed by atoms with van der Waals surface area (Å²) in [4.78, 5) is 12.3. The lowest BCUT2D eigenvalue weighted by Crippen LogP contribution is -2.20. The third-order valence-corrected chi connectivity index (χ3v) is 3.59. The second kappa shape index (κ2) is 6.27. The Kier molecular flexibility index (Phi) is 4.63. The van der Waals surface area contributed by atoms with Gasteiger partial charge in [0, 0.05) is 21.6 Å². The van der Waals surface area contributed by atoms with Crippen LogP contribution < -0.4 is 11.1 Å². The summed E-state index contributed by atoms with van der Waals surface area (Å²) in [6.07, 6.45) is 1.40. The minimum atomic E-state index is -0.340. The van der Waals surface area contributed by atoms with Crippen LogP contribution in [-0.4, -0.2) is 26.7 Å². The van der Waals surface area contributed by atoms with Gasteiger partial charge in [-0.3, -0.25) is 9.48 Å². The van der Waals surface area contributed by atoms with Crippen LogP contribution in [0.1, 0.15) is 15.9 Å². The van der Waals surface area contributed by atoms with Gasteiger partial charge >= 0.3 is 0 Å². The first kappa shape index (κ1) is 15.5. The molecule has 0 spiro atoms. The number of hydrogen-bond acceptors (Lipinski definition) is 4. The van der Waals surface area contributed by atoms with Crippen molar-refractivity contribution in [3.63, 3.8) is 0 Å². The van der Waals surface area contributed by atoms with Crippen LogP contribution in [0.5, 0.6) is 0 Å². The van der Waals surface area contributed by atoms with Crippen molar-refractivity contribution in [2.24, 2.45) is 17.9 Å². The Hall–Kier alpha value is -1.87. The highest BCUT2D eigenvalue weighted by Gasteiger charge is 2.16. The standard InChI is InChI=1S/C12H11Br2N5O2/c1-19-11(9(5-16-19)10(15)18-21)17-12(20)6-2-7(13)4-8(14)3-6/h2-5,21H,1H3,(H2,15,18)(H,17,20). The summed E-state index contributed by atoms with van der Waals surface area (Å²) in [6, 6.07) is 5.18. The molecule has 0 fully saturated rings. The van der Waals surface area contributed by atoms with Gasteiger partial charge in [0.25, 0.3) is 5.91 Å². The maximum absolute atomic E-state index is 12.3. The molecule has 0 aliphatic rings. The average molecular weight is 417 g/mol. The monoisotopic (exact) mass is 415 g/mol. The molecule has 4 N–H and O–H groups in total. The van der Waals surface area contributed by atoms with E-state index in [0.29, 0.717) is 16.9 Å². The Morgan fingerprint density at radius 2 is 2.00 bits per heavy atom. The van der Waals surface area contributed by atoms with Gasteiger partial charge in [0.2, 0.25) is 0 Å². The zero-order valence-corrected chi connectivity index (χ0v) is 14.0. The van der Waals surface area contributed by atoms with Gasteiger partial charge in [-0.1, -0.05) is 37.0 Å². The molecule has 0 radical (unpaired) electrons. The lowest BCUT2D eigenvalue weighted by Gasteiger charge is -2.08. The third kappa shape index (κ3) is 3.42. The highest BCUT2D eigenvalue weighted by Crippen LogP contribution is 2.21. The van der Waals surface area contributed by atoms with Crippen molar-refractivity contribution in [2.75, 3.05) is 5.32 Å². The summed E-state index contributed by atoms with van der Waals surface area (Å²) in [6.45, 7) is 0. The van der Waals surface area contributed by atoms with Crippen LogP contribution in [0.4, 0.5) is 5.82 Å². The molecule has 9 heteroatoms. The van der Waals surface area contributed by atoms with Gasteiger partial charge in [-0.15, -0.1) is 0 Å². The molecule has 0 saturated carbocycles. The van der Waals surface area contributed by atoms with E-state index in [9.17, 15) is 4.79 Å². The van der Waals surface area contributed by atoms with Gasteiger partial charge in [0.05, 0.1) is 11.8 Å². The number of hydrogen-bond donors (Lipinski definition) is 3. The van der Waals surface area contributed by atoms with Crippen molar-refractivity contribution in [1.82, 2.24) is 9.78 Å². The fourth-order valence-corrected chi connectivity index (χ4v) is 2.99. The number of oxime groups is 1. The van der Waals surface area contributed by atoms with Crippen LogP contribution in [-0.2, 0) is 7.05 Å². The van der Waals surface area contributed by atoms with E-state index in [0.717, 1.165) is 8.95 Å². The Bertz CT molecular complexity index is 706. The number of carbonyl (C=O) groups excluding carboxylic acids is 1. The molecule has 0 bridgehead atoms. The van der Waals surface area contributed by atoms with Crippen LogP contribution in [0, 0.1) is 0 Å². The number of halogens is 2. The number of benzene rings is 1. The fourth-order valence-electron chi connectivity index (χ4n) is 1.69. The van der Waals surface area contributed by atoms with Crippen molar-refractivity contribution in [3.05, 3.63) is 44.5 Å². The smallest absolute Gasteiger partial charge is 0.256 e. The fraction of sp³-hybridized carbons (Fsp3) is 0.0833. The van der Waals surface area contributed by atoms with Crippen LogP contribution in [0.3, 0.4) is 0 Å². The predicted octanol–water partition coefficient (Wildman–Crippen LogP) is 2.29. The second-order valence-corrected chi connectivity index (χ2v) is 5.96. The lowest BCUT2D eigenvalue weighted by atomic mass is 10.2. The van der Waals surface area contributed by atoms with Crippen LogP contribution in [0.25, 0.3) is 0 Å². The number of aromatic nitrogens is 2. The number of aryl methyl sites for hydroxylation is 1. The summed E-state index contributed by atoms with van der Waals surface area (Å²) in [5.41, 5.74) is 6.33. The molecule has 1 heterocycles. The largest absolute Gasteiger partial charge is 0.409 e. The van der Waals surface area contributed by atoms with Crippen LogP contribution in [0.2, 0.25) is 0 Å². The number of rotatable bonds is 3. The van der Waals surface area contributed by atoms with Crippen LogP contribution >= 0.6 is 31.9 Å². The number of nitrogens with two attached hydrogens (primary N) is 1. The van der Waals surface area contributed by atoms with E-state index in [-0.39, 0.29) is 11.7 Å². The van der Waals surface area contributed by atoms with E-state index >= 15 is 0 Å². The summed E-state index contributed by atoms with van der Waals surface area (Å²) < 4.78 is 2.96. The molecular formula is C12H11Br2N5O2. The van der Waals surface area contributed by atoms with Crippen molar-refractivity contribution in [1.29, 1.82) is 0 Å². The van der Waals surface area contributed by atoms with Gasteiger partial charge in [0.1, 0.15) is 5.82 Å². The van der Waals surface area contributed by atoms with E-state index < -0.39 is 0 Å². The minimum Gasteiger partial charge on any atom is -0.409 e. The van der Waals surface area contributed by atoms with Crippen molar-refractivity contribution >= 4 is 49.4 Å². The summed E-state index contributed by atoms with van der Waals surface area (Å²) in [5, 5.41) is 18.3. The van der Waals surface area contributed by atoms with Gasteiger partial charge in [-0.25, -0.2) is 0 Å². The number of anilines is 1. The molecule has 0 atom stereocenters. The van der Waals surface area contributed by atoms with E-state index in [2.05, 4.69) is 47.4 Å². The molecule has 7 nitrogen and oxygen atoms in total. The second-order valence-electron chi connectivity index (χ2n) is 4.13. The SMILES string of the molecule is Cn1ncc(/C(N)=N/O)c1NC(=O)c1cc(Br)cc(Br)c1. The third-order valence-electron chi connectivity index (χ3n) is 2.68. The summed E-state index contributed by atoms with van der Waals surface area (Å²) >= 11 is 6.65. The summed E-state index contributed by atoms with van der Waals surface area (Å²) in [5.74, 6) is -0.132. The number of amides is 1. The minimum absolute atomic E-state index is 0.131. The normalized spacial score (nSPS) is 11.5.